The third kappa shape index (κ3) is 4.19. The topological polar surface area (TPSA) is 92.5 Å². The minimum Gasteiger partial charge on any atom is -0.387 e. The van der Waals surface area contributed by atoms with Gasteiger partial charge in [-0.25, -0.2) is 0 Å². The van der Waals surface area contributed by atoms with Gasteiger partial charge in [0.2, 0.25) is 0 Å². The molecule has 0 radical (unpaired) electrons. The fourth-order valence-corrected chi connectivity index (χ4v) is 2.29. The number of carbonyl (C=O) groups is 1. The molecule has 2 N–H and O–H groups in total. The van der Waals surface area contributed by atoms with Crippen LogP contribution < -0.4 is 5.32 Å². The number of benzene rings is 2. The zero-order chi connectivity index (χ0) is 17.0. The molecule has 0 saturated heterocycles. The third-order valence-electron chi connectivity index (χ3n) is 3.14. The van der Waals surface area contributed by atoms with Crippen molar-refractivity contribution in [2.24, 2.45) is 0 Å². The van der Waals surface area contributed by atoms with E-state index in [0.29, 0.717) is 5.56 Å². The quantitative estimate of drug-likeness (QED) is 0.635. The van der Waals surface area contributed by atoms with Gasteiger partial charge in [-0.1, -0.05) is 29.3 Å². The van der Waals surface area contributed by atoms with E-state index in [1.165, 1.54) is 30.3 Å². The van der Waals surface area contributed by atoms with Crippen LogP contribution in [-0.2, 0) is 0 Å². The van der Waals surface area contributed by atoms with Crippen molar-refractivity contribution in [3.05, 3.63) is 73.8 Å². The Bertz CT molecular complexity index is 735. The van der Waals surface area contributed by atoms with E-state index in [1.54, 1.807) is 12.1 Å². The third-order valence-corrected chi connectivity index (χ3v) is 3.96. The van der Waals surface area contributed by atoms with Gasteiger partial charge in [-0.3, -0.25) is 14.9 Å². The van der Waals surface area contributed by atoms with Gasteiger partial charge in [0.25, 0.3) is 11.6 Å². The maximum absolute atomic E-state index is 12.0. The minimum atomic E-state index is -1.00. The van der Waals surface area contributed by atoms with Crippen LogP contribution in [0.2, 0.25) is 10.0 Å². The summed E-state index contributed by atoms with van der Waals surface area (Å²) in [4.78, 5) is 22.1. The van der Waals surface area contributed by atoms with Crippen LogP contribution in [0, 0.1) is 10.1 Å². The van der Waals surface area contributed by atoms with Gasteiger partial charge in [-0.2, -0.15) is 0 Å². The molecule has 0 unspecified atom stereocenters. The lowest BCUT2D eigenvalue weighted by Gasteiger charge is -2.13. The summed E-state index contributed by atoms with van der Waals surface area (Å²) < 4.78 is 0. The maximum Gasteiger partial charge on any atom is 0.269 e. The number of halogens is 2. The average molecular weight is 355 g/mol. The maximum atomic E-state index is 12.0. The van der Waals surface area contributed by atoms with Crippen molar-refractivity contribution in [1.29, 1.82) is 0 Å². The highest BCUT2D eigenvalue weighted by Crippen LogP contribution is 2.25. The molecule has 2 aromatic carbocycles. The van der Waals surface area contributed by atoms with Gasteiger partial charge in [0, 0.05) is 18.7 Å². The molecule has 0 fully saturated rings. The van der Waals surface area contributed by atoms with Crippen molar-refractivity contribution >= 4 is 34.8 Å². The average Bonchev–Trinajstić information content (AvgIpc) is 2.55. The molecule has 6 nitrogen and oxygen atoms in total. The number of aliphatic hydroxyl groups excluding tert-OH is 1. The van der Waals surface area contributed by atoms with Gasteiger partial charge >= 0.3 is 0 Å². The number of hydrogen-bond acceptors (Lipinski definition) is 4. The zero-order valence-corrected chi connectivity index (χ0v) is 13.2. The van der Waals surface area contributed by atoms with Crippen molar-refractivity contribution in [3.63, 3.8) is 0 Å². The van der Waals surface area contributed by atoms with E-state index >= 15 is 0 Å². The van der Waals surface area contributed by atoms with E-state index in [-0.39, 0.29) is 27.8 Å². The van der Waals surface area contributed by atoms with Gasteiger partial charge in [-0.05, 0) is 29.8 Å². The van der Waals surface area contributed by atoms with Gasteiger partial charge in [0.1, 0.15) is 0 Å². The lowest BCUT2D eigenvalue weighted by Crippen LogP contribution is -2.28. The second-order valence-corrected chi connectivity index (χ2v) is 5.46. The summed E-state index contributed by atoms with van der Waals surface area (Å²) in [7, 11) is 0. The first-order valence-electron chi connectivity index (χ1n) is 6.54. The van der Waals surface area contributed by atoms with E-state index in [9.17, 15) is 20.0 Å². The second kappa shape index (κ2) is 7.41. The number of carbonyl (C=O) groups excluding carboxylic acids is 1. The molecule has 0 aliphatic heterocycles. The van der Waals surface area contributed by atoms with Crippen molar-refractivity contribution in [2.45, 2.75) is 6.10 Å². The molecule has 2 rings (SSSR count). The first-order chi connectivity index (χ1) is 10.9. The van der Waals surface area contributed by atoms with Crippen molar-refractivity contribution in [1.82, 2.24) is 5.32 Å². The molecule has 23 heavy (non-hydrogen) atoms. The van der Waals surface area contributed by atoms with Crippen LogP contribution in [0.5, 0.6) is 0 Å². The molecule has 0 saturated carbocycles. The van der Waals surface area contributed by atoms with Gasteiger partial charge in [0.05, 0.1) is 26.6 Å². The Morgan fingerprint density at radius 1 is 1.22 bits per heavy atom. The fraction of sp³-hybridized carbons (Fsp3) is 0.133. The summed E-state index contributed by atoms with van der Waals surface area (Å²) in [6.07, 6.45) is -1.00. The molecule has 0 aliphatic carbocycles. The van der Waals surface area contributed by atoms with Crippen molar-refractivity contribution in [3.8, 4) is 0 Å². The first-order valence-corrected chi connectivity index (χ1v) is 7.30. The molecule has 0 aromatic heterocycles. The number of nitrogens with zero attached hydrogens (tertiary/aromatic N) is 1. The summed E-state index contributed by atoms with van der Waals surface area (Å²) in [5, 5.41) is 23.5. The predicted molar refractivity (Wildman–Crippen MR) is 86.9 cm³/mol. The van der Waals surface area contributed by atoms with E-state index in [1.807, 2.05) is 0 Å². The molecule has 120 valence electrons. The Hall–Kier alpha value is -2.15. The number of rotatable bonds is 5. The van der Waals surface area contributed by atoms with E-state index in [4.69, 9.17) is 23.2 Å². The lowest BCUT2D eigenvalue weighted by atomic mass is 10.1. The fourth-order valence-electron chi connectivity index (χ4n) is 1.90. The summed E-state index contributed by atoms with van der Waals surface area (Å²) in [5.74, 6) is -0.474. The zero-order valence-electron chi connectivity index (χ0n) is 11.7. The van der Waals surface area contributed by atoms with Crippen LogP contribution in [0.1, 0.15) is 22.0 Å². The van der Waals surface area contributed by atoms with Crippen molar-refractivity contribution in [2.75, 3.05) is 6.54 Å². The molecule has 8 heteroatoms. The number of nitrogens with one attached hydrogen (secondary N) is 1. The van der Waals surface area contributed by atoms with Crippen LogP contribution in [-0.4, -0.2) is 22.5 Å². The molecular weight excluding hydrogens is 343 g/mol. The Labute approximate surface area is 141 Å². The Morgan fingerprint density at radius 3 is 2.48 bits per heavy atom. The minimum absolute atomic E-state index is 0.0700. The summed E-state index contributed by atoms with van der Waals surface area (Å²) >= 11 is 11.8. The molecule has 0 heterocycles. The molecule has 0 aliphatic rings. The number of nitro groups is 1. The highest BCUT2D eigenvalue weighted by atomic mass is 35.5. The van der Waals surface area contributed by atoms with Gasteiger partial charge in [0.15, 0.2) is 0 Å². The number of aliphatic hydroxyl groups is 1. The molecular formula is C15H12Cl2N2O4. The first kappa shape index (κ1) is 17.2. The van der Waals surface area contributed by atoms with Crippen molar-refractivity contribution < 1.29 is 14.8 Å². The van der Waals surface area contributed by atoms with Crippen LogP contribution in [0.25, 0.3) is 0 Å². The molecule has 1 atom stereocenters. The predicted octanol–water partition coefficient (Wildman–Crippen LogP) is 3.37. The highest BCUT2D eigenvalue weighted by molar-refractivity contribution is 6.43. The number of hydrogen-bond donors (Lipinski definition) is 2. The van der Waals surface area contributed by atoms with Gasteiger partial charge in [-0.15, -0.1) is 0 Å². The monoisotopic (exact) mass is 354 g/mol. The van der Waals surface area contributed by atoms with Gasteiger partial charge < -0.3 is 10.4 Å². The normalized spacial score (nSPS) is 11.8. The van der Waals surface area contributed by atoms with E-state index in [0.717, 1.165) is 0 Å². The van der Waals surface area contributed by atoms with E-state index < -0.39 is 16.9 Å². The summed E-state index contributed by atoms with van der Waals surface area (Å²) in [5.41, 5.74) is 0.582. The Kier molecular flexibility index (Phi) is 5.54. The lowest BCUT2D eigenvalue weighted by molar-refractivity contribution is -0.384. The number of amides is 1. The highest BCUT2D eigenvalue weighted by Gasteiger charge is 2.15. The Balaban J connectivity index is 2.01. The summed E-state index contributed by atoms with van der Waals surface area (Å²) in [6.45, 7) is -0.0700. The Morgan fingerprint density at radius 2 is 1.87 bits per heavy atom. The standard InChI is InChI=1S/C15H12Cl2N2O4/c16-12-3-1-2-11(14(12)17)15(21)18-8-13(20)9-4-6-10(7-5-9)19(22)23/h1-7,13,20H,8H2,(H,18,21)/t13-/m1/s1. The molecule has 2 aromatic rings. The number of non-ortho nitro benzene ring substituents is 1. The van der Waals surface area contributed by atoms with Crippen LogP contribution in [0.3, 0.4) is 0 Å². The SMILES string of the molecule is O=C(NC[C@@H](O)c1ccc([N+](=O)[O-])cc1)c1cccc(Cl)c1Cl. The number of nitro benzene ring substituents is 1. The molecule has 1 amide bonds. The largest absolute Gasteiger partial charge is 0.387 e. The summed E-state index contributed by atoms with van der Waals surface area (Å²) in [6, 6.07) is 10.1. The van der Waals surface area contributed by atoms with Crippen LogP contribution in [0.4, 0.5) is 5.69 Å². The van der Waals surface area contributed by atoms with Crippen LogP contribution in [0.15, 0.2) is 42.5 Å². The van der Waals surface area contributed by atoms with Crippen LogP contribution >= 0.6 is 23.2 Å². The second-order valence-electron chi connectivity index (χ2n) is 4.68. The molecule has 0 bridgehead atoms. The molecule has 0 spiro atoms. The smallest absolute Gasteiger partial charge is 0.269 e. The van der Waals surface area contributed by atoms with E-state index in [2.05, 4.69) is 5.32 Å².